The molecule has 2 rings (SSSR count). The zero-order valence-corrected chi connectivity index (χ0v) is 11.1. The lowest BCUT2D eigenvalue weighted by molar-refractivity contribution is -0.134. The molecule has 0 atom stereocenters. The molecule has 0 fully saturated rings. The molecular formula is C16H14N2O2. The Balaban J connectivity index is 2.03. The molecule has 2 aromatic heterocycles. The number of rotatable bonds is 4. The largest absolute Gasteiger partial charge is 0.466 e. The summed E-state index contributed by atoms with van der Waals surface area (Å²) in [5, 5.41) is 0. The average molecular weight is 266 g/mol. The second-order valence-electron chi connectivity index (χ2n) is 3.99. The molecule has 0 unspecified atom stereocenters. The fourth-order valence-electron chi connectivity index (χ4n) is 1.50. The van der Waals surface area contributed by atoms with Gasteiger partial charge in [0, 0.05) is 24.7 Å². The van der Waals surface area contributed by atoms with E-state index in [1.165, 1.54) is 13.2 Å². The van der Waals surface area contributed by atoms with E-state index in [-0.39, 0.29) is 5.97 Å². The van der Waals surface area contributed by atoms with Crippen molar-refractivity contribution in [2.75, 3.05) is 7.11 Å². The summed E-state index contributed by atoms with van der Waals surface area (Å²) in [4.78, 5) is 19.2. The monoisotopic (exact) mass is 266 g/mol. The van der Waals surface area contributed by atoms with Gasteiger partial charge in [0.2, 0.25) is 0 Å². The molecule has 0 amide bonds. The number of pyridine rings is 2. The normalized spacial score (nSPS) is 11.1. The van der Waals surface area contributed by atoms with Gasteiger partial charge in [-0.05, 0) is 41.5 Å². The predicted molar refractivity (Wildman–Crippen MR) is 78.5 cm³/mol. The summed E-state index contributed by atoms with van der Waals surface area (Å²) in [6.45, 7) is 0. The zero-order valence-electron chi connectivity index (χ0n) is 11.1. The van der Waals surface area contributed by atoms with Crippen molar-refractivity contribution < 1.29 is 9.53 Å². The first-order chi connectivity index (χ1) is 9.78. The van der Waals surface area contributed by atoms with Gasteiger partial charge in [0.1, 0.15) is 0 Å². The summed E-state index contributed by atoms with van der Waals surface area (Å²) >= 11 is 0. The Morgan fingerprint density at radius 3 is 2.50 bits per heavy atom. The van der Waals surface area contributed by atoms with Gasteiger partial charge in [-0.3, -0.25) is 9.97 Å². The number of carbonyl (C=O) groups excluding carboxylic acids is 1. The van der Waals surface area contributed by atoms with Crippen molar-refractivity contribution in [3.05, 3.63) is 65.8 Å². The number of hydrogen-bond donors (Lipinski definition) is 0. The Morgan fingerprint density at radius 1 is 1.05 bits per heavy atom. The zero-order chi connectivity index (χ0) is 14.2. The lowest BCUT2D eigenvalue weighted by atomic mass is 10.2. The maximum atomic E-state index is 11.0. The molecule has 4 heteroatoms. The fraction of sp³-hybridized carbons (Fsp3) is 0.0625. The lowest BCUT2D eigenvalue weighted by Gasteiger charge is -1.96. The Morgan fingerprint density at radius 2 is 1.85 bits per heavy atom. The van der Waals surface area contributed by atoms with Gasteiger partial charge in [0.15, 0.2) is 0 Å². The summed E-state index contributed by atoms with van der Waals surface area (Å²) in [6.07, 6.45) is 12.1. The maximum absolute atomic E-state index is 11.0. The van der Waals surface area contributed by atoms with E-state index >= 15 is 0 Å². The number of esters is 1. The molecule has 0 saturated carbocycles. The topological polar surface area (TPSA) is 52.1 Å². The van der Waals surface area contributed by atoms with Crippen molar-refractivity contribution in [3.63, 3.8) is 0 Å². The van der Waals surface area contributed by atoms with Gasteiger partial charge in [-0.15, -0.1) is 0 Å². The number of nitrogens with zero attached hydrogens (tertiary/aromatic N) is 2. The molecular weight excluding hydrogens is 252 g/mol. The summed E-state index contributed by atoms with van der Waals surface area (Å²) < 4.78 is 4.52. The first-order valence-corrected chi connectivity index (χ1v) is 6.08. The van der Waals surface area contributed by atoms with E-state index in [4.69, 9.17) is 0 Å². The van der Waals surface area contributed by atoms with Crippen LogP contribution in [0.4, 0.5) is 0 Å². The van der Waals surface area contributed by atoms with Crippen molar-refractivity contribution in [1.29, 1.82) is 0 Å². The van der Waals surface area contributed by atoms with Crippen molar-refractivity contribution in [2.24, 2.45) is 0 Å². The Bertz CT molecular complexity index is 617. The summed E-state index contributed by atoms with van der Waals surface area (Å²) in [7, 11) is 1.35. The van der Waals surface area contributed by atoms with E-state index in [0.29, 0.717) is 0 Å². The third-order valence-corrected chi connectivity index (χ3v) is 2.57. The van der Waals surface area contributed by atoms with Gasteiger partial charge in [-0.2, -0.15) is 0 Å². The van der Waals surface area contributed by atoms with Crippen LogP contribution in [-0.4, -0.2) is 23.0 Å². The molecule has 4 nitrogen and oxygen atoms in total. The summed E-state index contributed by atoms with van der Waals surface area (Å²) in [6, 6.07) is 7.61. The Labute approximate surface area is 117 Å². The quantitative estimate of drug-likeness (QED) is 0.630. The highest BCUT2D eigenvalue weighted by atomic mass is 16.5. The lowest BCUT2D eigenvalue weighted by Crippen LogP contribution is -1.93. The van der Waals surface area contributed by atoms with Crippen LogP contribution in [0.1, 0.15) is 16.8 Å². The van der Waals surface area contributed by atoms with Gasteiger partial charge >= 0.3 is 5.97 Å². The Kier molecular flexibility index (Phi) is 4.78. The van der Waals surface area contributed by atoms with Gasteiger partial charge in [0.05, 0.1) is 12.8 Å². The van der Waals surface area contributed by atoms with E-state index in [1.807, 2.05) is 36.4 Å². The molecule has 100 valence electrons. The molecule has 0 N–H and O–H groups in total. The van der Waals surface area contributed by atoms with Crippen LogP contribution in [0.5, 0.6) is 0 Å². The van der Waals surface area contributed by atoms with Gasteiger partial charge < -0.3 is 4.74 Å². The highest BCUT2D eigenvalue weighted by Gasteiger charge is 1.93. The minimum atomic E-state index is -0.383. The highest BCUT2D eigenvalue weighted by molar-refractivity contribution is 5.86. The number of carbonyl (C=O) groups is 1. The third-order valence-electron chi connectivity index (χ3n) is 2.57. The molecule has 0 aliphatic heterocycles. The summed E-state index contributed by atoms with van der Waals surface area (Å²) in [5.41, 5.74) is 2.75. The van der Waals surface area contributed by atoms with Crippen LogP contribution in [0.15, 0.2) is 48.9 Å². The second-order valence-corrected chi connectivity index (χ2v) is 3.99. The van der Waals surface area contributed by atoms with E-state index in [9.17, 15) is 4.79 Å². The van der Waals surface area contributed by atoms with Crippen LogP contribution >= 0.6 is 0 Å². The SMILES string of the molecule is COC(=O)/C=C/c1ccc(/C=C/c2ccncc2)nc1. The van der Waals surface area contributed by atoms with E-state index in [0.717, 1.165) is 16.8 Å². The highest BCUT2D eigenvalue weighted by Crippen LogP contribution is 2.07. The molecule has 0 radical (unpaired) electrons. The van der Waals surface area contributed by atoms with Gasteiger partial charge in [-0.25, -0.2) is 4.79 Å². The molecule has 0 aliphatic carbocycles. The number of ether oxygens (including phenoxy) is 1. The standard InChI is InChI=1S/C16H14N2O2/c1-20-16(19)7-4-14-3-6-15(18-12-14)5-2-13-8-10-17-11-9-13/h2-12H,1H3/b5-2+,7-4+. The van der Waals surface area contributed by atoms with Crippen molar-refractivity contribution >= 4 is 24.2 Å². The van der Waals surface area contributed by atoms with Crippen molar-refractivity contribution in [3.8, 4) is 0 Å². The molecule has 2 heterocycles. The van der Waals surface area contributed by atoms with E-state index in [2.05, 4.69) is 14.7 Å². The molecule has 0 spiro atoms. The maximum Gasteiger partial charge on any atom is 0.330 e. The molecule has 20 heavy (non-hydrogen) atoms. The Hall–Kier alpha value is -2.75. The van der Waals surface area contributed by atoms with E-state index < -0.39 is 0 Å². The predicted octanol–water partition coefficient (Wildman–Crippen LogP) is 2.83. The van der Waals surface area contributed by atoms with Crippen LogP contribution in [0.3, 0.4) is 0 Å². The third kappa shape index (κ3) is 4.17. The minimum absolute atomic E-state index is 0.383. The number of hydrogen-bond acceptors (Lipinski definition) is 4. The second kappa shape index (κ2) is 6.99. The first kappa shape index (κ1) is 13.7. The molecule has 0 saturated heterocycles. The molecule has 2 aromatic rings. The van der Waals surface area contributed by atoms with Gasteiger partial charge in [0.25, 0.3) is 0 Å². The van der Waals surface area contributed by atoms with Crippen LogP contribution in [-0.2, 0) is 9.53 Å². The number of aromatic nitrogens is 2. The number of methoxy groups -OCH3 is 1. The van der Waals surface area contributed by atoms with Gasteiger partial charge in [-0.1, -0.05) is 12.1 Å². The fourth-order valence-corrected chi connectivity index (χ4v) is 1.50. The van der Waals surface area contributed by atoms with E-state index in [1.54, 1.807) is 24.7 Å². The van der Waals surface area contributed by atoms with Crippen LogP contribution in [0.2, 0.25) is 0 Å². The molecule has 0 aromatic carbocycles. The van der Waals surface area contributed by atoms with Crippen LogP contribution in [0, 0.1) is 0 Å². The molecule has 0 aliphatic rings. The minimum Gasteiger partial charge on any atom is -0.466 e. The first-order valence-electron chi connectivity index (χ1n) is 6.08. The average Bonchev–Trinajstić information content (AvgIpc) is 2.52. The smallest absolute Gasteiger partial charge is 0.330 e. The van der Waals surface area contributed by atoms with Crippen LogP contribution in [0.25, 0.3) is 18.2 Å². The summed E-state index contributed by atoms with van der Waals surface area (Å²) in [5.74, 6) is -0.383. The molecule has 0 bridgehead atoms. The van der Waals surface area contributed by atoms with Crippen molar-refractivity contribution in [1.82, 2.24) is 9.97 Å². The van der Waals surface area contributed by atoms with Crippen molar-refractivity contribution in [2.45, 2.75) is 0 Å². The van der Waals surface area contributed by atoms with Crippen LogP contribution < -0.4 is 0 Å².